The molecule has 20 heavy (non-hydrogen) atoms. The lowest BCUT2D eigenvalue weighted by atomic mass is 9.88. The molecular weight excluding hydrogens is 244 g/mol. The third-order valence-corrected chi connectivity index (χ3v) is 3.79. The summed E-state index contributed by atoms with van der Waals surface area (Å²) in [5.74, 6) is 0. The van der Waals surface area contributed by atoms with E-state index in [-0.39, 0.29) is 5.60 Å². The van der Waals surface area contributed by atoms with Gasteiger partial charge in [-0.05, 0) is 24.5 Å². The Morgan fingerprint density at radius 2 is 1.30 bits per heavy atom. The monoisotopic (exact) mass is 268 g/mol. The molecule has 0 radical (unpaired) electrons. The third kappa shape index (κ3) is 3.49. The average molecular weight is 268 g/mol. The van der Waals surface area contributed by atoms with Gasteiger partial charge in [-0.2, -0.15) is 0 Å². The van der Waals surface area contributed by atoms with E-state index in [4.69, 9.17) is 4.74 Å². The van der Waals surface area contributed by atoms with Crippen molar-refractivity contribution < 1.29 is 4.74 Å². The first kappa shape index (κ1) is 14.8. The Bertz CT molecular complexity index is 450. The molecule has 0 atom stereocenters. The second kappa shape index (κ2) is 7.25. The molecule has 0 amide bonds. The van der Waals surface area contributed by atoms with Crippen molar-refractivity contribution in [1.29, 1.82) is 0 Å². The highest BCUT2D eigenvalue weighted by atomic mass is 16.5. The molecule has 0 aliphatic rings. The van der Waals surface area contributed by atoms with E-state index in [0.29, 0.717) is 0 Å². The van der Waals surface area contributed by atoms with Gasteiger partial charge in [0.2, 0.25) is 0 Å². The lowest BCUT2D eigenvalue weighted by Gasteiger charge is -2.31. The van der Waals surface area contributed by atoms with E-state index in [1.165, 1.54) is 24.0 Å². The summed E-state index contributed by atoms with van der Waals surface area (Å²) in [4.78, 5) is 0. The molecule has 1 nitrogen and oxygen atoms in total. The van der Waals surface area contributed by atoms with E-state index < -0.39 is 0 Å². The van der Waals surface area contributed by atoms with E-state index >= 15 is 0 Å². The maximum Gasteiger partial charge on any atom is 0.115 e. The molecule has 0 fully saturated rings. The minimum absolute atomic E-state index is 0.365. The van der Waals surface area contributed by atoms with Crippen LogP contribution in [0.3, 0.4) is 0 Å². The largest absolute Gasteiger partial charge is 0.366 e. The predicted octanol–water partition coefficient (Wildman–Crippen LogP) is 5.16. The zero-order chi connectivity index (χ0) is 14.3. The molecule has 0 aliphatic heterocycles. The molecule has 0 aromatic heterocycles. The van der Waals surface area contributed by atoms with Crippen LogP contribution in [0, 0.1) is 0 Å². The second-order valence-electron chi connectivity index (χ2n) is 5.32. The van der Waals surface area contributed by atoms with Gasteiger partial charge >= 0.3 is 0 Å². The molecule has 0 saturated heterocycles. The van der Waals surface area contributed by atoms with E-state index in [0.717, 1.165) is 13.0 Å². The number of rotatable bonds is 7. The molecule has 0 bridgehead atoms. The van der Waals surface area contributed by atoms with Crippen LogP contribution in [0.1, 0.15) is 44.2 Å². The Kier molecular flexibility index (Phi) is 5.37. The fourth-order valence-corrected chi connectivity index (χ4v) is 2.47. The molecule has 0 saturated carbocycles. The summed E-state index contributed by atoms with van der Waals surface area (Å²) in [7, 11) is 0. The van der Waals surface area contributed by atoms with E-state index in [1.807, 2.05) is 12.1 Å². The summed E-state index contributed by atoms with van der Waals surface area (Å²) in [6.45, 7) is 5.19. The van der Waals surface area contributed by atoms with Crippen molar-refractivity contribution in [3.63, 3.8) is 0 Å². The van der Waals surface area contributed by atoms with Crippen LogP contribution in [0.5, 0.6) is 0 Å². The highest BCUT2D eigenvalue weighted by Crippen LogP contribution is 2.33. The van der Waals surface area contributed by atoms with Crippen LogP contribution >= 0.6 is 0 Å². The molecule has 0 spiro atoms. The summed E-state index contributed by atoms with van der Waals surface area (Å²) in [6, 6.07) is 21.0. The van der Waals surface area contributed by atoms with Crippen molar-refractivity contribution in [1.82, 2.24) is 0 Å². The van der Waals surface area contributed by atoms with E-state index in [2.05, 4.69) is 62.4 Å². The first-order chi connectivity index (χ1) is 9.77. The predicted molar refractivity (Wildman–Crippen MR) is 84.8 cm³/mol. The first-order valence-corrected chi connectivity index (χ1v) is 7.52. The van der Waals surface area contributed by atoms with Crippen molar-refractivity contribution in [2.75, 3.05) is 6.61 Å². The molecule has 2 aromatic rings. The summed E-state index contributed by atoms with van der Waals surface area (Å²) in [5.41, 5.74) is 2.06. The van der Waals surface area contributed by atoms with Crippen LogP contribution in [0.2, 0.25) is 0 Å². The van der Waals surface area contributed by atoms with Gasteiger partial charge in [0, 0.05) is 6.61 Å². The Hall–Kier alpha value is -1.60. The fraction of sp³-hybridized carbons (Fsp3) is 0.368. The van der Waals surface area contributed by atoms with E-state index in [1.54, 1.807) is 0 Å². The van der Waals surface area contributed by atoms with Crippen molar-refractivity contribution >= 4 is 0 Å². The second-order valence-corrected chi connectivity index (χ2v) is 5.32. The van der Waals surface area contributed by atoms with Gasteiger partial charge in [0.15, 0.2) is 0 Å². The highest BCUT2D eigenvalue weighted by Gasteiger charge is 2.29. The van der Waals surface area contributed by atoms with Gasteiger partial charge in [-0.1, -0.05) is 80.4 Å². The Morgan fingerprint density at radius 3 is 1.75 bits per heavy atom. The van der Waals surface area contributed by atoms with Crippen LogP contribution in [0.25, 0.3) is 0 Å². The first-order valence-electron chi connectivity index (χ1n) is 7.52. The van der Waals surface area contributed by atoms with Gasteiger partial charge in [0.1, 0.15) is 5.60 Å². The van der Waals surface area contributed by atoms with Crippen LogP contribution < -0.4 is 0 Å². The third-order valence-electron chi connectivity index (χ3n) is 3.79. The summed E-state index contributed by atoms with van der Waals surface area (Å²) in [6.07, 6.45) is 3.56. The SMILES string of the molecule is CCCCCOC(C)(c1ccccc1)c1ccccc1. The smallest absolute Gasteiger partial charge is 0.115 e. The quantitative estimate of drug-likeness (QED) is 0.630. The topological polar surface area (TPSA) is 9.23 Å². The number of hydrogen-bond acceptors (Lipinski definition) is 1. The summed E-state index contributed by atoms with van der Waals surface area (Å²) < 4.78 is 6.30. The van der Waals surface area contributed by atoms with Crippen molar-refractivity contribution in [3.8, 4) is 0 Å². The molecule has 2 rings (SSSR count). The van der Waals surface area contributed by atoms with Gasteiger partial charge in [0.25, 0.3) is 0 Å². The Labute approximate surface area is 122 Å². The molecule has 0 heterocycles. The van der Waals surface area contributed by atoms with Gasteiger partial charge in [-0.25, -0.2) is 0 Å². The van der Waals surface area contributed by atoms with Crippen LogP contribution in [0.4, 0.5) is 0 Å². The van der Waals surface area contributed by atoms with Crippen LogP contribution in [-0.4, -0.2) is 6.61 Å². The van der Waals surface area contributed by atoms with Gasteiger partial charge in [-0.3, -0.25) is 0 Å². The molecule has 0 unspecified atom stereocenters. The molecular formula is C19H24O. The van der Waals surface area contributed by atoms with Crippen LogP contribution in [-0.2, 0) is 10.3 Å². The number of ether oxygens (including phenoxy) is 1. The number of unbranched alkanes of at least 4 members (excludes halogenated alkanes) is 2. The van der Waals surface area contributed by atoms with Gasteiger partial charge in [0.05, 0.1) is 0 Å². The number of hydrogen-bond donors (Lipinski definition) is 0. The maximum atomic E-state index is 6.30. The molecule has 106 valence electrons. The zero-order valence-corrected chi connectivity index (χ0v) is 12.5. The van der Waals surface area contributed by atoms with Crippen molar-refractivity contribution in [2.24, 2.45) is 0 Å². The lowest BCUT2D eigenvalue weighted by molar-refractivity contribution is -0.00599. The van der Waals surface area contributed by atoms with Crippen LogP contribution in [0.15, 0.2) is 60.7 Å². The molecule has 0 aliphatic carbocycles. The fourth-order valence-electron chi connectivity index (χ4n) is 2.47. The normalized spacial score (nSPS) is 11.5. The molecule has 1 heteroatoms. The Balaban J connectivity index is 2.24. The summed E-state index contributed by atoms with van der Waals surface area (Å²) >= 11 is 0. The number of benzene rings is 2. The van der Waals surface area contributed by atoms with Crippen molar-refractivity contribution in [2.45, 2.75) is 38.7 Å². The maximum absolute atomic E-state index is 6.30. The average Bonchev–Trinajstić information content (AvgIpc) is 2.53. The van der Waals surface area contributed by atoms with Gasteiger partial charge in [-0.15, -0.1) is 0 Å². The standard InChI is InChI=1S/C19H24O/c1-3-4-11-16-20-19(2,17-12-7-5-8-13-17)18-14-9-6-10-15-18/h5-10,12-15H,3-4,11,16H2,1-2H3. The molecule has 0 N–H and O–H groups in total. The van der Waals surface area contributed by atoms with E-state index in [9.17, 15) is 0 Å². The van der Waals surface area contributed by atoms with Gasteiger partial charge < -0.3 is 4.74 Å². The zero-order valence-electron chi connectivity index (χ0n) is 12.5. The minimum atomic E-state index is -0.365. The minimum Gasteiger partial charge on any atom is -0.366 e. The lowest BCUT2D eigenvalue weighted by Crippen LogP contribution is -2.28. The van der Waals surface area contributed by atoms with Crippen molar-refractivity contribution in [3.05, 3.63) is 71.8 Å². The molecule has 2 aromatic carbocycles. The summed E-state index contributed by atoms with van der Waals surface area (Å²) in [5, 5.41) is 0. The highest BCUT2D eigenvalue weighted by molar-refractivity contribution is 5.35. The Morgan fingerprint density at radius 1 is 0.800 bits per heavy atom.